The molecule has 2 heterocycles. The molecule has 0 atom stereocenters. The van der Waals surface area contributed by atoms with Crippen molar-refractivity contribution in [2.75, 3.05) is 30.4 Å². The number of carbonyl (C=O) groups excluding carboxylic acids is 2. The van der Waals surface area contributed by atoms with Crippen LogP contribution >= 0.6 is 11.3 Å². The van der Waals surface area contributed by atoms with Crippen LogP contribution in [0.15, 0.2) is 30.3 Å². The van der Waals surface area contributed by atoms with Gasteiger partial charge in [0.1, 0.15) is 0 Å². The van der Waals surface area contributed by atoms with E-state index in [2.05, 4.69) is 22.2 Å². The van der Waals surface area contributed by atoms with E-state index in [9.17, 15) is 9.59 Å². The van der Waals surface area contributed by atoms with Gasteiger partial charge in [-0.25, -0.2) is 4.98 Å². The number of thiazole rings is 1. The summed E-state index contributed by atoms with van der Waals surface area (Å²) in [6.07, 6.45) is 0.872. The van der Waals surface area contributed by atoms with E-state index in [1.807, 2.05) is 37.3 Å². The fraction of sp³-hybridized carbons (Fsp3) is 0.353. The van der Waals surface area contributed by atoms with Crippen LogP contribution in [0.1, 0.15) is 17.5 Å². The molecule has 126 valence electrons. The molecule has 24 heavy (non-hydrogen) atoms. The number of hydrogen-bond donors (Lipinski definition) is 1. The number of aromatic nitrogens is 1. The van der Waals surface area contributed by atoms with E-state index < -0.39 is 11.8 Å². The van der Waals surface area contributed by atoms with Crippen molar-refractivity contribution in [2.45, 2.75) is 19.9 Å². The van der Waals surface area contributed by atoms with Crippen LogP contribution in [0.2, 0.25) is 0 Å². The zero-order valence-corrected chi connectivity index (χ0v) is 14.6. The van der Waals surface area contributed by atoms with Gasteiger partial charge in [-0.3, -0.25) is 14.9 Å². The maximum Gasteiger partial charge on any atom is 0.316 e. The van der Waals surface area contributed by atoms with E-state index >= 15 is 0 Å². The first-order chi connectivity index (χ1) is 11.6. The predicted octanol–water partition coefficient (Wildman–Crippen LogP) is 2.12. The summed E-state index contributed by atoms with van der Waals surface area (Å²) in [6.45, 7) is 4.06. The van der Waals surface area contributed by atoms with Gasteiger partial charge >= 0.3 is 11.8 Å². The summed E-state index contributed by atoms with van der Waals surface area (Å²) in [5.41, 5.74) is 1.73. The molecule has 1 aliphatic heterocycles. The van der Waals surface area contributed by atoms with Gasteiger partial charge in [0.25, 0.3) is 0 Å². The Morgan fingerprint density at radius 2 is 2.08 bits per heavy atom. The molecule has 2 aromatic rings. The summed E-state index contributed by atoms with van der Waals surface area (Å²) in [4.78, 5) is 34.1. The molecule has 0 bridgehead atoms. The maximum atomic E-state index is 12.5. The number of anilines is 2. The Hall–Kier alpha value is -2.25. The van der Waals surface area contributed by atoms with Crippen LogP contribution in [0.25, 0.3) is 0 Å². The second kappa shape index (κ2) is 7.11. The number of likely N-dealkylation sites (N-methyl/N-ethyl adjacent to an activating group) is 2. The molecular formula is C17H20N4O2S. The van der Waals surface area contributed by atoms with Crippen molar-refractivity contribution >= 4 is 34.0 Å². The molecule has 1 aliphatic rings. The van der Waals surface area contributed by atoms with Crippen molar-refractivity contribution in [3.8, 4) is 0 Å². The van der Waals surface area contributed by atoms with Gasteiger partial charge in [0.05, 0.1) is 5.69 Å². The van der Waals surface area contributed by atoms with Crippen molar-refractivity contribution in [3.63, 3.8) is 0 Å². The predicted molar refractivity (Wildman–Crippen MR) is 95.3 cm³/mol. The highest BCUT2D eigenvalue weighted by atomic mass is 32.1. The number of fused-ring (bicyclic) bond motifs is 1. The van der Waals surface area contributed by atoms with Crippen LogP contribution in [0.3, 0.4) is 0 Å². The zero-order valence-electron chi connectivity index (χ0n) is 13.8. The zero-order chi connectivity index (χ0) is 17.1. The standard InChI is InChI=1S/C17H20N4O2S/c1-3-21(12-7-5-4-6-8-12)16(23)15(22)19-17-18-13-9-10-20(2)11-14(13)24-17/h4-8H,3,9-11H2,1-2H3,(H,18,19,22). The Morgan fingerprint density at radius 1 is 1.33 bits per heavy atom. The molecule has 1 aromatic carbocycles. The fourth-order valence-electron chi connectivity index (χ4n) is 2.70. The smallest absolute Gasteiger partial charge is 0.304 e. The second-order valence-corrected chi connectivity index (χ2v) is 6.80. The Bertz CT molecular complexity index is 744. The van der Waals surface area contributed by atoms with Crippen molar-refractivity contribution < 1.29 is 9.59 Å². The summed E-state index contributed by atoms with van der Waals surface area (Å²) < 4.78 is 0. The third-order valence-electron chi connectivity index (χ3n) is 3.97. The minimum absolute atomic E-state index is 0.426. The van der Waals surface area contributed by atoms with Crippen LogP contribution in [0.5, 0.6) is 0 Å². The van der Waals surface area contributed by atoms with Crippen molar-refractivity contribution in [3.05, 3.63) is 40.9 Å². The molecule has 1 N–H and O–H groups in total. The lowest BCUT2D eigenvalue weighted by Crippen LogP contribution is -2.39. The summed E-state index contributed by atoms with van der Waals surface area (Å²) in [7, 11) is 2.06. The van der Waals surface area contributed by atoms with Gasteiger partial charge in [0.2, 0.25) is 0 Å². The average molecular weight is 344 g/mol. The first kappa shape index (κ1) is 16.6. The molecule has 0 fully saturated rings. The number of carbonyl (C=O) groups is 2. The fourth-order valence-corrected chi connectivity index (χ4v) is 3.78. The third-order valence-corrected chi connectivity index (χ3v) is 4.96. The molecule has 6 nitrogen and oxygen atoms in total. The van der Waals surface area contributed by atoms with Gasteiger partial charge < -0.3 is 9.80 Å². The molecule has 2 amide bonds. The van der Waals surface area contributed by atoms with Crippen LogP contribution in [-0.4, -0.2) is 41.8 Å². The van der Waals surface area contributed by atoms with Crippen LogP contribution < -0.4 is 10.2 Å². The van der Waals surface area contributed by atoms with Crippen molar-refractivity contribution in [1.29, 1.82) is 0 Å². The van der Waals surface area contributed by atoms with Crippen molar-refractivity contribution in [2.24, 2.45) is 0 Å². The SMILES string of the molecule is CCN(C(=O)C(=O)Nc1nc2c(s1)CN(C)CC2)c1ccccc1. The lowest BCUT2D eigenvalue weighted by molar-refractivity contribution is -0.134. The number of nitrogens with zero attached hydrogens (tertiary/aromatic N) is 3. The van der Waals surface area contributed by atoms with Gasteiger partial charge in [0.15, 0.2) is 5.13 Å². The molecule has 0 saturated heterocycles. The summed E-state index contributed by atoms with van der Waals surface area (Å²) >= 11 is 1.44. The molecule has 0 unspecified atom stereocenters. The van der Waals surface area contributed by atoms with Gasteiger partial charge in [-0.2, -0.15) is 0 Å². The molecule has 0 saturated carbocycles. The van der Waals surface area contributed by atoms with Crippen LogP contribution in [-0.2, 0) is 22.6 Å². The number of rotatable bonds is 3. The number of benzene rings is 1. The molecule has 1 aromatic heterocycles. The first-order valence-corrected chi connectivity index (χ1v) is 8.75. The summed E-state index contributed by atoms with van der Waals surface area (Å²) in [5, 5.41) is 3.15. The average Bonchev–Trinajstić information content (AvgIpc) is 2.97. The van der Waals surface area contributed by atoms with Gasteiger partial charge in [0, 0.05) is 36.6 Å². The van der Waals surface area contributed by atoms with Crippen LogP contribution in [0, 0.1) is 0 Å². The third kappa shape index (κ3) is 3.47. The van der Waals surface area contributed by atoms with E-state index in [-0.39, 0.29) is 0 Å². The van der Waals surface area contributed by atoms with Crippen molar-refractivity contribution in [1.82, 2.24) is 9.88 Å². The Labute approximate surface area is 145 Å². The second-order valence-electron chi connectivity index (χ2n) is 5.72. The Kier molecular flexibility index (Phi) is 4.92. The van der Waals surface area contributed by atoms with Crippen LogP contribution in [0.4, 0.5) is 10.8 Å². The van der Waals surface area contributed by atoms with E-state index in [0.29, 0.717) is 17.4 Å². The van der Waals surface area contributed by atoms with E-state index in [1.165, 1.54) is 16.2 Å². The normalized spacial score (nSPS) is 14.1. The maximum absolute atomic E-state index is 12.5. The van der Waals surface area contributed by atoms with Gasteiger partial charge in [-0.1, -0.05) is 18.2 Å². The summed E-state index contributed by atoms with van der Waals surface area (Å²) in [6, 6.07) is 9.18. The lowest BCUT2D eigenvalue weighted by Gasteiger charge is -2.20. The quantitative estimate of drug-likeness (QED) is 0.866. The number of para-hydroxylation sites is 1. The molecular weight excluding hydrogens is 324 g/mol. The highest BCUT2D eigenvalue weighted by Crippen LogP contribution is 2.27. The molecule has 3 rings (SSSR count). The lowest BCUT2D eigenvalue weighted by atomic mass is 10.2. The topological polar surface area (TPSA) is 65.5 Å². The first-order valence-electron chi connectivity index (χ1n) is 7.93. The van der Waals surface area contributed by atoms with E-state index in [0.717, 1.165) is 30.1 Å². The van der Waals surface area contributed by atoms with Gasteiger partial charge in [-0.05, 0) is 26.1 Å². The molecule has 0 aliphatic carbocycles. The number of nitrogens with one attached hydrogen (secondary N) is 1. The van der Waals surface area contributed by atoms with Gasteiger partial charge in [-0.15, -0.1) is 11.3 Å². The molecule has 0 radical (unpaired) electrons. The minimum Gasteiger partial charge on any atom is -0.304 e. The highest BCUT2D eigenvalue weighted by molar-refractivity contribution is 7.16. The number of hydrogen-bond acceptors (Lipinski definition) is 5. The molecule has 7 heteroatoms. The highest BCUT2D eigenvalue weighted by Gasteiger charge is 2.24. The molecule has 0 spiro atoms. The van der Waals surface area contributed by atoms with E-state index in [4.69, 9.17) is 0 Å². The minimum atomic E-state index is -0.653. The Balaban J connectivity index is 1.71. The monoisotopic (exact) mass is 344 g/mol. The Morgan fingerprint density at radius 3 is 2.79 bits per heavy atom. The summed E-state index contributed by atoms with van der Waals surface area (Å²) in [5.74, 6) is -1.23. The largest absolute Gasteiger partial charge is 0.316 e. The van der Waals surface area contributed by atoms with E-state index in [1.54, 1.807) is 0 Å². The number of amides is 2.